The molecule has 1 unspecified atom stereocenters. The number of methoxy groups -OCH3 is 2. The summed E-state index contributed by atoms with van der Waals surface area (Å²) < 4.78 is 34.9. The van der Waals surface area contributed by atoms with Crippen LogP contribution in [0.2, 0.25) is 36.3 Å². The summed E-state index contributed by atoms with van der Waals surface area (Å²) in [6, 6.07) is 19.2. The van der Waals surface area contributed by atoms with E-state index < -0.39 is 28.8 Å². The fourth-order valence-electron chi connectivity index (χ4n) is 8.75. The zero-order valence-electron chi connectivity index (χ0n) is 50.0. The molecule has 0 spiro atoms. The van der Waals surface area contributed by atoms with Gasteiger partial charge in [-0.05, 0) is 85.4 Å². The fraction of sp³-hybridized carbons (Fsp3) is 0.623. The average molecular weight is 1090 g/mol. The van der Waals surface area contributed by atoms with Crippen LogP contribution < -0.4 is 0 Å². The van der Waals surface area contributed by atoms with E-state index in [1.807, 2.05) is 88.4 Å². The van der Waals surface area contributed by atoms with Crippen molar-refractivity contribution in [1.82, 2.24) is 9.80 Å². The predicted molar refractivity (Wildman–Crippen MR) is 311 cm³/mol. The third-order valence-electron chi connectivity index (χ3n) is 15.9. The Morgan fingerprint density at radius 1 is 0.697 bits per heavy atom. The maximum atomic E-state index is 13.6. The zero-order chi connectivity index (χ0) is 57.9. The number of hydrogen-bond donors (Lipinski definition) is 0. The van der Waals surface area contributed by atoms with Gasteiger partial charge in [-0.2, -0.15) is 0 Å². The molecule has 0 N–H and O–H groups in total. The third-order valence-corrected chi connectivity index (χ3v) is 24.9. The Labute approximate surface area is 460 Å². The van der Waals surface area contributed by atoms with Gasteiger partial charge in [0.2, 0.25) is 11.8 Å². The van der Waals surface area contributed by atoms with Gasteiger partial charge in [0, 0.05) is 38.4 Å². The first-order valence-corrected chi connectivity index (χ1v) is 33.0. The fourth-order valence-corrected chi connectivity index (χ4v) is 11.5. The third kappa shape index (κ3) is 19.4. The summed E-state index contributed by atoms with van der Waals surface area (Å²) in [6.45, 7) is 44.6. The standard InChI is InChI=1S/C31H49NO5Si.C17H34O3Si.C13H15NO3/c1-12-27(35-9)28(37-38(10,11)31(6,7)8)22(3)18-21(2)23(4)24(5)29(33)32-26(20-36-30(32)34)19-25-16-14-13-15-17-25;1-10-15(19-7)16(14(3)11-13(2)12-18)20-21(8,9)17(4,5)6;1-2-12(15)14-11(9-17-13(14)16)8-10-6-4-3-5-7-10/h12-18,22-24,26-28H,1,19-20H2,2-11H3;10,12-16H,1,11H2,2-9H3;3-7,11H,2,8-9H2,1H3/b21-18-;;/t22-,23+,24+,26-,27+,28+;13?,14-,15+,16+;11-/m111/s1. The molecule has 2 aromatic rings. The number of carbonyl (C=O) groups excluding carboxylic acids is 5. The molecule has 76 heavy (non-hydrogen) atoms. The van der Waals surface area contributed by atoms with Gasteiger partial charge in [0.15, 0.2) is 16.6 Å². The molecule has 426 valence electrons. The van der Waals surface area contributed by atoms with Crippen LogP contribution in [0.3, 0.4) is 0 Å². The molecule has 15 heteroatoms. The van der Waals surface area contributed by atoms with Gasteiger partial charge in [-0.3, -0.25) is 9.59 Å². The molecule has 2 saturated heterocycles. The van der Waals surface area contributed by atoms with Gasteiger partial charge in [-0.15, -0.1) is 13.2 Å². The molecule has 0 radical (unpaired) electrons. The van der Waals surface area contributed by atoms with Crippen LogP contribution in [0.4, 0.5) is 9.59 Å². The molecule has 2 aromatic carbocycles. The van der Waals surface area contributed by atoms with E-state index in [4.69, 9.17) is 27.8 Å². The van der Waals surface area contributed by atoms with Crippen molar-refractivity contribution >= 4 is 46.9 Å². The van der Waals surface area contributed by atoms with Gasteiger partial charge in [0.05, 0.1) is 24.3 Å². The smallest absolute Gasteiger partial charge is 0.416 e. The number of rotatable bonds is 24. The highest BCUT2D eigenvalue weighted by Crippen LogP contribution is 2.41. The molecule has 11 atom stereocenters. The van der Waals surface area contributed by atoms with Crippen LogP contribution in [-0.4, -0.2) is 121 Å². The Morgan fingerprint density at radius 3 is 1.50 bits per heavy atom. The monoisotopic (exact) mass is 1090 g/mol. The van der Waals surface area contributed by atoms with Crippen molar-refractivity contribution in [3.8, 4) is 0 Å². The van der Waals surface area contributed by atoms with Crippen molar-refractivity contribution in [3.63, 3.8) is 0 Å². The van der Waals surface area contributed by atoms with E-state index >= 15 is 0 Å². The molecule has 0 aromatic heterocycles. The first-order chi connectivity index (χ1) is 35.4. The van der Waals surface area contributed by atoms with Crippen molar-refractivity contribution in [2.24, 2.45) is 29.6 Å². The van der Waals surface area contributed by atoms with Crippen LogP contribution in [0, 0.1) is 29.6 Å². The molecule has 2 aliphatic heterocycles. The normalized spacial score (nSPS) is 19.9. The zero-order valence-corrected chi connectivity index (χ0v) is 52.0. The number of imide groups is 2. The maximum Gasteiger partial charge on any atom is 0.416 e. The second-order valence-electron chi connectivity index (χ2n) is 23.9. The molecule has 2 fully saturated rings. The largest absolute Gasteiger partial charge is 0.447 e. The van der Waals surface area contributed by atoms with Crippen molar-refractivity contribution in [2.75, 3.05) is 27.4 Å². The maximum absolute atomic E-state index is 13.6. The van der Waals surface area contributed by atoms with Gasteiger partial charge in [-0.25, -0.2) is 19.4 Å². The minimum absolute atomic E-state index is 0.0272. The number of hydrogen-bond acceptors (Lipinski definition) is 11. The number of amides is 4. The molecular formula is C61H98N2O11Si2. The lowest BCUT2D eigenvalue weighted by atomic mass is 9.85. The molecule has 0 saturated carbocycles. The summed E-state index contributed by atoms with van der Waals surface area (Å²) >= 11 is 0. The van der Waals surface area contributed by atoms with Crippen LogP contribution in [0.1, 0.15) is 114 Å². The second kappa shape index (κ2) is 30.6. The Bertz CT molecular complexity index is 2190. The highest BCUT2D eigenvalue weighted by molar-refractivity contribution is 6.74. The molecule has 2 heterocycles. The lowest BCUT2D eigenvalue weighted by Crippen LogP contribution is -2.49. The van der Waals surface area contributed by atoms with Gasteiger partial charge in [0.25, 0.3) is 0 Å². The first-order valence-electron chi connectivity index (χ1n) is 27.2. The Morgan fingerprint density at radius 2 is 1.11 bits per heavy atom. The number of allylic oxidation sites excluding steroid dienone is 1. The molecule has 2 aliphatic rings. The van der Waals surface area contributed by atoms with Crippen molar-refractivity contribution in [3.05, 3.63) is 109 Å². The first kappa shape index (κ1) is 67.6. The number of benzene rings is 2. The van der Waals surface area contributed by atoms with Crippen LogP contribution in [0.25, 0.3) is 0 Å². The van der Waals surface area contributed by atoms with Crippen molar-refractivity contribution < 1.29 is 51.8 Å². The number of carbonyl (C=O) groups is 5. The Balaban J connectivity index is 0.000000435. The van der Waals surface area contributed by atoms with Crippen molar-refractivity contribution in [2.45, 2.75) is 188 Å². The number of aldehydes is 1. The average Bonchev–Trinajstić information content (AvgIpc) is 3.92. The second-order valence-corrected chi connectivity index (χ2v) is 33.4. The van der Waals surface area contributed by atoms with Gasteiger partial charge in [-0.1, -0.05) is 168 Å². The lowest BCUT2D eigenvalue weighted by molar-refractivity contribution is -0.134. The molecular weight excluding hydrogens is 993 g/mol. The summed E-state index contributed by atoms with van der Waals surface area (Å²) in [5, 5.41) is 0.193. The van der Waals surface area contributed by atoms with E-state index in [2.05, 4.69) is 101 Å². The number of cyclic esters (lactones) is 2. The highest BCUT2D eigenvalue weighted by Gasteiger charge is 2.45. The SMILES string of the molecule is C=C[C@H](OC)[C@@H](O[Si](C)(C)C(C)(C)C)[C@H](C)/C=C(/C)[C@H](C)[C@H](C)C(=O)N1C(=O)OC[C@H]1Cc1ccccc1.C=C[C@H](OC)[C@@H](O[Si](C)(C)C(C)(C)C)[C@H](C)CC(C)C=O.CCC(=O)N1C(=O)OC[C@H]1Cc1ccccc1. The molecule has 4 amide bonds. The quantitative estimate of drug-likeness (QED) is 0.0562. The highest BCUT2D eigenvalue weighted by atomic mass is 28.4. The van der Waals surface area contributed by atoms with Gasteiger partial charge in [0.1, 0.15) is 31.7 Å². The van der Waals surface area contributed by atoms with E-state index in [1.165, 1.54) is 9.80 Å². The summed E-state index contributed by atoms with van der Waals surface area (Å²) in [6.07, 6.45) is 7.43. The summed E-state index contributed by atoms with van der Waals surface area (Å²) in [4.78, 5) is 62.7. The lowest BCUT2D eigenvalue weighted by Gasteiger charge is -2.42. The van der Waals surface area contributed by atoms with E-state index in [0.717, 1.165) is 29.4 Å². The van der Waals surface area contributed by atoms with Crippen LogP contribution >= 0.6 is 0 Å². The molecule has 4 rings (SSSR count). The predicted octanol–water partition coefficient (Wildman–Crippen LogP) is 13.4. The number of ether oxygens (including phenoxy) is 4. The summed E-state index contributed by atoms with van der Waals surface area (Å²) in [5.74, 6) is -0.534. The minimum atomic E-state index is -2.08. The van der Waals surface area contributed by atoms with Crippen LogP contribution in [0.5, 0.6) is 0 Å². The van der Waals surface area contributed by atoms with E-state index in [0.29, 0.717) is 25.9 Å². The van der Waals surface area contributed by atoms with Crippen LogP contribution in [0.15, 0.2) is 97.6 Å². The van der Waals surface area contributed by atoms with E-state index in [9.17, 15) is 24.0 Å². The van der Waals surface area contributed by atoms with Crippen molar-refractivity contribution in [1.29, 1.82) is 0 Å². The number of nitrogens with zero attached hydrogens (tertiary/aromatic N) is 2. The Kier molecular flexibility index (Phi) is 27.2. The summed E-state index contributed by atoms with van der Waals surface area (Å²) in [5.41, 5.74) is 3.25. The van der Waals surface area contributed by atoms with Gasteiger partial charge >= 0.3 is 12.2 Å². The minimum Gasteiger partial charge on any atom is -0.447 e. The molecule has 13 nitrogen and oxygen atoms in total. The summed E-state index contributed by atoms with van der Waals surface area (Å²) in [7, 11) is -0.615. The van der Waals surface area contributed by atoms with E-state index in [1.54, 1.807) is 33.3 Å². The van der Waals surface area contributed by atoms with Crippen LogP contribution in [-0.2, 0) is 55.0 Å². The van der Waals surface area contributed by atoms with Gasteiger partial charge < -0.3 is 32.6 Å². The topological polar surface area (TPSA) is 147 Å². The molecule has 0 bridgehead atoms. The van der Waals surface area contributed by atoms with E-state index in [-0.39, 0.29) is 94.6 Å². The molecule has 0 aliphatic carbocycles. The Hall–Kier alpha value is -4.52.